The Morgan fingerprint density at radius 1 is 1.50 bits per heavy atom. The molecule has 0 aromatic carbocycles. The Balaban J connectivity index is 2.70. The SMILES string of the molecule is CC(C)C(C)OCc1cccnc1C(=N)N. The van der Waals surface area contributed by atoms with Crippen molar-refractivity contribution in [1.82, 2.24) is 4.98 Å². The van der Waals surface area contributed by atoms with Crippen molar-refractivity contribution in [2.45, 2.75) is 33.5 Å². The number of nitrogens with one attached hydrogen (secondary N) is 1. The third-order valence-electron chi connectivity index (χ3n) is 2.59. The summed E-state index contributed by atoms with van der Waals surface area (Å²) in [4.78, 5) is 4.07. The third-order valence-corrected chi connectivity index (χ3v) is 2.59. The van der Waals surface area contributed by atoms with Gasteiger partial charge in [0.1, 0.15) is 11.5 Å². The number of ether oxygens (including phenoxy) is 1. The molecule has 1 atom stereocenters. The minimum absolute atomic E-state index is 0.0172. The lowest BCUT2D eigenvalue weighted by Crippen LogP contribution is -2.19. The molecule has 1 rings (SSSR count). The summed E-state index contributed by atoms with van der Waals surface area (Å²) in [5.74, 6) is 0.453. The van der Waals surface area contributed by atoms with Crippen LogP contribution in [-0.2, 0) is 11.3 Å². The Bertz CT molecular complexity index is 363. The molecule has 0 fully saturated rings. The molecule has 0 radical (unpaired) electrons. The normalized spacial score (nSPS) is 12.8. The average molecular weight is 221 g/mol. The van der Waals surface area contributed by atoms with E-state index in [1.54, 1.807) is 6.20 Å². The molecule has 0 aliphatic carbocycles. The van der Waals surface area contributed by atoms with Gasteiger partial charge in [-0.15, -0.1) is 0 Å². The first kappa shape index (κ1) is 12.6. The van der Waals surface area contributed by atoms with Crippen LogP contribution in [0, 0.1) is 11.3 Å². The molecule has 0 bridgehead atoms. The number of nitrogen functional groups attached to an aromatic ring is 1. The summed E-state index contributed by atoms with van der Waals surface area (Å²) in [6.07, 6.45) is 1.81. The van der Waals surface area contributed by atoms with Crippen LogP contribution in [-0.4, -0.2) is 16.9 Å². The first-order valence-corrected chi connectivity index (χ1v) is 5.42. The molecule has 0 saturated carbocycles. The lowest BCUT2D eigenvalue weighted by molar-refractivity contribution is 0.0233. The molecule has 3 N–H and O–H groups in total. The van der Waals surface area contributed by atoms with Crippen LogP contribution in [0.5, 0.6) is 0 Å². The van der Waals surface area contributed by atoms with E-state index in [2.05, 4.69) is 18.8 Å². The summed E-state index contributed by atoms with van der Waals surface area (Å²) < 4.78 is 5.69. The van der Waals surface area contributed by atoms with Gasteiger partial charge in [-0.05, 0) is 18.9 Å². The zero-order chi connectivity index (χ0) is 12.1. The molecule has 4 heteroatoms. The van der Waals surface area contributed by atoms with Crippen molar-refractivity contribution >= 4 is 5.84 Å². The van der Waals surface area contributed by atoms with Gasteiger partial charge in [0.15, 0.2) is 0 Å². The highest BCUT2D eigenvalue weighted by molar-refractivity contribution is 5.94. The van der Waals surface area contributed by atoms with Crippen LogP contribution in [0.15, 0.2) is 18.3 Å². The molecule has 0 aliphatic rings. The number of pyridine rings is 1. The number of nitrogens with zero attached hydrogens (tertiary/aromatic N) is 1. The van der Waals surface area contributed by atoms with Gasteiger partial charge < -0.3 is 10.5 Å². The fraction of sp³-hybridized carbons (Fsp3) is 0.500. The fourth-order valence-corrected chi connectivity index (χ4v) is 1.21. The molecule has 1 heterocycles. The summed E-state index contributed by atoms with van der Waals surface area (Å²) in [7, 11) is 0. The molecule has 0 saturated heterocycles. The van der Waals surface area contributed by atoms with E-state index in [0.29, 0.717) is 18.2 Å². The van der Waals surface area contributed by atoms with Gasteiger partial charge in [-0.3, -0.25) is 10.4 Å². The van der Waals surface area contributed by atoms with Crippen molar-refractivity contribution in [3.05, 3.63) is 29.6 Å². The minimum atomic E-state index is -0.0172. The highest BCUT2D eigenvalue weighted by Gasteiger charge is 2.10. The van der Waals surface area contributed by atoms with Gasteiger partial charge in [0.2, 0.25) is 0 Å². The van der Waals surface area contributed by atoms with Crippen molar-refractivity contribution in [2.75, 3.05) is 0 Å². The van der Waals surface area contributed by atoms with Crippen LogP contribution in [0.1, 0.15) is 32.0 Å². The van der Waals surface area contributed by atoms with Gasteiger partial charge in [-0.1, -0.05) is 19.9 Å². The zero-order valence-electron chi connectivity index (χ0n) is 10.0. The summed E-state index contributed by atoms with van der Waals surface area (Å²) >= 11 is 0. The van der Waals surface area contributed by atoms with Gasteiger partial charge in [0.05, 0.1) is 12.7 Å². The molecule has 0 amide bonds. The standard InChI is InChI=1S/C12H19N3O/c1-8(2)9(3)16-7-10-5-4-6-15-11(10)12(13)14/h4-6,8-9H,7H2,1-3H3,(H3,13,14). The van der Waals surface area contributed by atoms with Crippen LogP contribution in [0.3, 0.4) is 0 Å². The summed E-state index contributed by atoms with van der Waals surface area (Å²) in [5, 5.41) is 7.41. The number of hydrogen-bond donors (Lipinski definition) is 2. The molecule has 0 aliphatic heterocycles. The highest BCUT2D eigenvalue weighted by atomic mass is 16.5. The van der Waals surface area contributed by atoms with Crippen LogP contribution >= 0.6 is 0 Å². The minimum Gasteiger partial charge on any atom is -0.382 e. The maximum Gasteiger partial charge on any atom is 0.142 e. The monoisotopic (exact) mass is 221 g/mol. The van der Waals surface area contributed by atoms with E-state index < -0.39 is 0 Å². The van der Waals surface area contributed by atoms with E-state index in [0.717, 1.165) is 5.56 Å². The number of amidine groups is 1. The van der Waals surface area contributed by atoms with E-state index in [9.17, 15) is 0 Å². The topological polar surface area (TPSA) is 72.0 Å². The summed E-state index contributed by atoms with van der Waals surface area (Å²) in [6, 6.07) is 3.71. The Morgan fingerprint density at radius 3 is 2.75 bits per heavy atom. The van der Waals surface area contributed by atoms with E-state index >= 15 is 0 Å². The second-order valence-electron chi connectivity index (χ2n) is 4.18. The van der Waals surface area contributed by atoms with Gasteiger partial charge >= 0.3 is 0 Å². The second-order valence-corrected chi connectivity index (χ2v) is 4.18. The number of aromatic nitrogens is 1. The van der Waals surface area contributed by atoms with Gasteiger partial charge in [-0.2, -0.15) is 0 Å². The van der Waals surface area contributed by atoms with E-state index in [1.807, 2.05) is 19.1 Å². The molecule has 1 aromatic rings. The third kappa shape index (κ3) is 3.31. The van der Waals surface area contributed by atoms with Crippen molar-refractivity contribution in [1.29, 1.82) is 5.41 Å². The molecule has 16 heavy (non-hydrogen) atoms. The fourth-order valence-electron chi connectivity index (χ4n) is 1.21. The first-order valence-electron chi connectivity index (χ1n) is 5.42. The first-order chi connectivity index (χ1) is 7.52. The van der Waals surface area contributed by atoms with Crippen LogP contribution in [0.2, 0.25) is 0 Å². The Labute approximate surface area is 96.3 Å². The second kappa shape index (κ2) is 5.61. The number of nitrogens with two attached hydrogens (primary N) is 1. The predicted octanol–water partition coefficient (Wildman–Crippen LogP) is 1.93. The highest BCUT2D eigenvalue weighted by Crippen LogP contribution is 2.11. The maximum absolute atomic E-state index is 7.41. The summed E-state index contributed by atoms with van der Waals surface area (Å²) in [5.41, 5.74) is 6.82. The van der Waals surface area contributed by atoms with Crippen LogP contribution < -0.4 is 5.73 Å². The lowest BCUT2D eigenvalue weighted by Gasteiger charge is -2.17. The summed E-state index contributed by atoms with van der Waals surface area (Å²) in [6.45, 7) is 6.70. The van der Waals surface area contributed by atoms with E-state index in [4.69, 9.17) is 15.9 Å². The van der Waals surface area contributed by atoms with E-state index in [-0.39, 0.29) is 11.9 Å². The Morgan fingerprint density at radius 2 is 2.19 bits per heavy atom. The lowest BCUT2D eigenvalue weighted by atomic mass is 10.1. The van der Waals surface area contributed by atoms with Crippen molar-refractivity contribution in [2.24, 2.45) is 11.7 Å². The molecule has 1 aromatic heterocycles. The quantitative estimate of drug-likeness (QED) is 0.589. The smallest absolute Gasteiger partial charge is 0.142 e. The number of rotatable bonds is 5. The molecular formula is C12H19N3O. The Hall–Kier alpha value is -1.42. The van der Waals surface area contributed by atoms with Gasteiger partial charge in [0.25, 0.3) is 0 Å². The molecule has 0 spiro atoms. The average Bonchev–Trinajstić information content (AvgIpc) is 2.25. The van der Waals surface area contributed by atoms with Gasteiger partial charge in [0, 0.05) is 11.8 Å². The maximum atomic E-state index is 7.41. The van der Waals surface area contributed by atoms with Crippen LogP contribution in [0.25, 0.3) is 0 Å². The van der Waals surface area contributed by atoms with Crippen molar-refractivity contribution in [3.8, 4) is 0 Å². The number of hydrogen-bond acceptors (Lipinski definition) is 3. The Kier molecular flexibility index (Phi) is 4.43. The molecular weight excluding hydrogens is 202 g/mol. The predicted molar refractivity (Wildman–Crippen MR) is 64.3 cm³/mol. The van der Waals surface area contributed by atoms with Crippen molar-refractivity contribution < 1.29 is 4.74 Å². The molecule has 4 nitrogen and oxygen atoms in total. The largest absolute Gasteiger partial charge is 0.382 e. The molecule has 88 valence electrons. The van der Waals surface area contributed by atoms with Gasteiger partial charge in [-0.25, -0.2) is 0 Å². The zero-order valence-corrected chi connectivity index (χ0v) is 10.0. The van der Waals surface area contributed by atoms with E-state index in [1.165, 1.54) is 0 Å². The van der Waals surface area contributed by atoms with Crippen molar-refractivity contribution in [3.63, 3.8) is 0 Å². The molecule has 1 unspecified atom stereocenters. The van der Waals surface area contributed by atoms with Crippen LogP contribution in [0.4, 0.5) is 0 Å².